The average Bonchev–Trinajstić information content (AvgIpc) is 2.66. The topological polar surface area (TPSA) is 32.7 Å². The highest BCUT2D eigenvalue weighted by atomic mass is 19.3. The molecule has 0 unspecified atom stereocenters. The molecule has 1 saturated heterocycles. The number of para-hydroxylation sites is 1. The molecule has 0 bridgehead atoms. The predicted octanol–water partition coefficient (Wildman–Crippen LogP) is 1.85. The smallest absolute Gasteiger partial charge is 0.387 e. The molecule has 2 rings (SSSR count). The Hall–Kier alpha value is -1.20. The molecule has 1 atom stereocenters. The summed E-state index contributed by atoms with van der Waals surface area (Å²) >= 11 is 0. The lowest BCUT2D eigenvalue weighted by atomic mass is 10.2. The number of hydrogen-bond acceptors (Lipinski definition) is 3. The number of aliphatic hydroxyl groups is 1. The summed E-state index contributed by atoms with van der Waals surface area (Å²) < 4.78 is 28.9. The van der Waals surface area contributed by atoms with E-state index in [1.807, 2.05) is 4.90 Å². The average molecular weight is 243 g/mol. The number of β-amino-alcohol motifs (C(OH)–C–C–N with tert-alkyl or cyclic N) is 1. The van der Waals surface area contributed by atoms with E-state index in [2.05, 4.69) is 4.74 Å². The van der Waals surface area contributed by atoms with Crippen LogP contribution < -0.4 is 4.74 Å². The van der Waals surface area contributed by atoms with Crippen molar-refractivity contribution in [3.63, 3.8) is 0 Å². The lowest BCUT2D eigenvalue weighted by Gasteiger charge is -2.17. The van der Waals surface area contributed by atoms with E-state index in [4.69, 9.17) is 0 Å². The first kappa shape index (κ1) is 12.3. The molecule has 94 valence electrons. The molecule has 0 amide bonds. The second-order valence-electron chi connectivity index (χ2n) is 4.16. The summed E-state index contributed by atoms with van der Waals surface area (Å²) in [6.07, 6.45) is 0.427. The van der Waals surface area contributed by atoms with Gasteiger partial charge < -0.3 is 9.84 Å². The quantitative estimate of drug-likeness (QED) is 0.876. The van der Waals surface area contributed by atoms with E-state index in [1.165, 1.54) is 6.07 Å². The van der Waals surface area contributed by atoms with Crippen molar-refractivity contribution in [3.05, 3.63) is 29.8 Å². The molecule has 1 aromatic carbocycles. The van der Waals surface area contributed by atoms with Crippen molar-refractivity contribution in [1.29, 1.82) is 0 Å². The highest BCUT2D eigenvalue weighted by Crippen LogP contribution is 2.23. The molecule has 17 heavy (non-hydrogen) atoms. The molecule has 1 aromatic rings. The summed E-state index contributed by atoms with van der Waals surface area (Å²) in [7, 11) is 0. The van der Waals surface area contributed by atoms with Gasteiger partial charge in [-0.25, -0.2) is 0 Å². The maximum atomic E-state index is 12.2. The predicted molar refractivity (Wildman–Crippen MR) is 59.0 cm³/mol. The van der Waals surface area contributed by atoms with Gasteiger partial charge in [-0.15, -0.1) is 0 Å². The minimum Gasteiger partial charge on any atom is -0.434 e. The maximum Gasteiger partial charge on any atom is 0.387 e. The normalized spacial score (nSPS) is 21.1. The maximum absolute atomic E-state index is 12.2. The van der Waals surface area contributed by atoms with Crippen molar-refractivity contribution in [1.82, 2.24) is 4.90 Å². The third-order valence-corrected chi connectivity index (χ3v) is 2.83. The molecule has 3 nitrogen and oxygen atoms in total. The SMILES string of the molecule is O[C@H]1CCN(Cc2ccccc2OC(F)F)C1. The molecule has 0 aliphatic carbocycles. The highest BCUT2D eigenvalue weighted by molar-refractivity contribution is 5.33. The Bertz CT molecular complexity index is 373. The summed E-state index contributed by atoms with van der Waals surface area (Å²) in [6, 6.07) is 6.76. The molecule has 0 spiro atoms. The van der Waals surface area contributed by atoms with Gasteiger partial charge in [0.1, 0.15) is 5.75 Å². The van der Waals surface area contributed by atoms with Crippen LogP contribution in [0.15, 0.2) is 24.3 Å². The zero-order chi connectivity index (χ0) is 12.3. The first-order chi connectivity index (χ1) is 8.15. The fourth-order valence-corrected chi connectivity index (χ4v) is 2.04. The highest BCUT2D eigenvalue weighted by Gasteiger charge is 2.21. The third kappa shape index (κ3) is 3.38. The number of alkyl halides is 2. The van der Waals surface area contributed by atoms with Crippen LogP contribution in [0.1, 0.15) is 12.0 Å². The standard InChI is InChI=1S/C12H15F2NO2/c13-12(14)17-11-4-2-1-3-9(11)7-15-6-5-10(16)8-15/h1-4,10,12,16H,5-8H2/t10-/m0/s1. The van der Waals surface area contributed by atoms with E-state index in [0.717, 1.165) is 18.5 Å². The van der Waals surface area contributed by atoms with Crippen molar-refractivity contribution in [2.45, 2.75) is 25.7 Å². The van der Waals surface area contributed by atoms with Crippen LogP contribution in [0.2, 0.25) is 0 Å². The second-order valence-corrected chi connectivity index (χ2v) is 4.16. The largest absolute Gasteiger partial charge is 0.434 e. The van der Waals surface area contributed by atoms with Gasteiger partial charge in [0.15, 0.2) is 0 Å². The van der Waals surface area contributed by atoms with Crippen LogP contribution in [0.5, 0.6) is 5.75 Å². The van der Waals surface area contributed by atoms with Gasteiger partial charge in [-0.2, -0.15) is 8.78 Å². The van der Waals surface area contributed by atoms with E-state index in [-0.39, 0.29) is 11.9 Å². The van der Waals surface area contributed by atoms with Gasteiger partial charge in [0.25, 0.3) is 0 Å². The van der Waals surface area contributed by atoms with E-state index < -0.39 is 6.61 Å². The lowest BCUT2D eigenvalue weighted by molar-refractivity contribution is -0.0507. The Morgan fingerprint density at radius 2 is 2.18 bits per heavy atom. The molecule has 1 fully saturated rings. The second kappa shape index (κ2) is 5.42. The van der Waals surface area contributed by atoms with Crippen LogP contribution in [0.4, 0.5) is 8.78 Å². The molecule has 1 aliphatic rings. The fourth-order valence-electron chi connectivity index (χ4n) is 2.04. The monoisotopic (exact) mass is 243 g/mol. The fraction of sp³-hybridized carbons (Fsp3) is 0.500. The third-order valence-electron chi connectivity index (χ3n) is 2.83. The zero-order valence-electron chi connectivity index (χ0n) is 9.35. The number of hydrogen-bond donors (Lipinski definition) is 1. The number of benzene rings is 1. The molecule has 0 aromatic heterocycles. The Morgan fingerprint density at radius 1 is 1.41 bits per heavy atom. The van der Waals surface area contributed by atoms with Crippen LogP contribution in [0.3, 0.4) is 0 Å². The van der Waals surface area contributed by atoms with Crippen molar-refractivity contribution in [2.24, 2.45) is 0 Å². The molecule has 5 heteroatoms. The summed E-state index contributed by atoms with van der Waals surface area (Å²) in [5, 5.41) is 9.40. The van der Waals surface area contributed by atoms with Crippen LogP contribution in [0.25, 0.3) is 0 Å². The molecule has 1 aliphatic heterocycles. The molecule has 0 radical (unpaired) electrons. The molecule has 1 heterocycles. The Balaban J connectivity index is 2.04. The zero-order valence-corrected chi connectivity index (χ0v) is 9.35. The Labute approximate surface area is 98.6 Å². The number of likely N-dealkylation sites (tertiary alicyclic amines) is 1. The summed E-state index contributed by atoms with van der Waals surface area (Å²) in [6.45, 7) is -0.909. The van der Waals surface area contributed by atoms with Crippen molar-refractivity contribution < 1.29 is 18.6 Å². The minimum atomic E-state index is -2.81. The first-order valence-corrected chi connectivity index (χ1v) is 5.58. The summed E-state index contributed by atoms with van der Waals surface area (Å²) in [4.78, 5) is 2.03. The van der Waals surface area contributed by atoms with Gasteiger partial charge in [-0.3, -0.25) is 4.90 Å². The van der Waals surface area contributed by atoms with Gasteiger partial charge in [0.05, 0.1) is 6.10 Å². The lowest BCUT2D eigenvalue weighted by Crippen LogP contribution is -2.22. The van der Waals surface area contributed by atoms with Crippen LogP contribution in [-0.2, 0) is 6.54 Å². The van der Waals surface area contributed by atoms with E-state index in [9.17, 15) is 13.9 Å². The van der Waals surface area contributed by atoms with E-state index >= 15 is 0 Å². The number of halogens is 2. The summed E-state index contributed by atoms with van der Waals surface area (Å²) in [5.74, 6) is 0.212. The Morgan fingerprint density at radius 3 is 2.82 bits per heavy atom. The van der Waals surface area contributed by atoms with Crippen LogP contribution in [0, 0.1) is 0 Å². The number of nitrogens with zero attached hydrogens (tertiary/aromatic N) is 1. The van der Waals surface area contributed by atoms with Gasteiger partial charge in [-0.1, -0.05) is 18.2 Å². The van der Waals surface area contributed by atoms with Gasteiger partial charge in [0.2, 0.25) is 0 Å². The van der Waals surface area contributed by atoms with Gasteiger partial charge in [0, 0.05) is 25.2 Å². The molecular weight excluding hydrogens is 228 g/mol. The van der Waals surface area contributed by atoms with Gasteiger partial charge >= 0.3 is 6.61 Å². The van der Waals surface area contributed by atoms with Gasteiger partial charge in [-0.05, 0) is 12.5 Å². The minimum absolute atomic E-state index is 0.212. The van der Waals surface area contributed by atoms with Crippen LogP contribution >= 0.6 is 0 Å². The first-order valence-electron chi connectivity index (χ1n) is 5.58. The molecule has 0 saturated carbocycles. The van der Waals surface area contributed by atoms with Crippen molar-refractivity contribution in [3.8, 4) is 5.75 Å². The number of rotatable bonds is 4. The number of ether oxygens (including phenoxy) is 1. The molecule has 1 N–H and O–H groups in total. The molecular formula is C12H15F2NO2. The van der Waals surface area contributed by atoms with E-state index in [0.29, 0.717) is 13.1 Å². The van der Waals surface area contributed by atoms with Crippen molar-refractivity contribution >= 4 is 0 Å². The number of aliphatic hydroxyl groups excluding tert-OH is 1. The Kier molecular flexibility index (Phi) is 3.91. The van der Waals surface area contributed by atoms with Crippen LogP contribution in [-0.4, -0.2) is 35.8 Å². The van der Waals surface area contributed by atoms with E-state index in [1.54, 1.807) is 18.2 Å². The summed E-state index contributed by atoms with van der Waals surface area (Å²) in [5.41, 5.74) is 0.724. The van der Waals surface area contributed by atoms with Crippen molar-refractivity contribution in [2.75, 3.05) is 13.1 Å².